The molecule has 0 fully saturated rings. The molecule has 1 aromatic heterocycles. The van der Waals surface area contributed by atoms with E-state index in [9.17, 15) is 0 Å². The van der Waals surface area contributed by atoms with Crippen LogP contribution >= 0.6 is 0 Å². The minimum absolute atomic E-state index is 0.994. The average molecular weight is 167 g/mol. The lowest BCUT2D eigenvalue weighted by atomic mass is 10.4. The summed E-state index contributed by atoms with van der Waals surface area (Å²) >= 11 is 0. The molecular formula is C9H17N3. The highest BCUT2D eigenvalue weighted by atomic mass is 15.0. The van der Waals surface area contributed by atoms with Gasteiger partial charge in [0.2, 0.25) is 0 Å². The molecular weight excluding hydrogens is 150 g/mol. The van der Waals surface area contributed by atoms with E-state index in [0.717, 1.165) is 19.4 Å². The molecule has 3 nitrogen and oxygen atoms in total. The number of nitrogens with zero attached hydrogens (tertiary/aromatic N) is 2. The van der Waals surface area contributed by atoms with Gasteiger partial charge in [-0.1, -0.05) is 6.92 Å². The van der Waals surface area contributed by atoms with Crippen LogP contribution in [0.25, 0.3) is 0 Å². The Morgan fingerprint density at radius 2 is 2.33 bits per heavy atom. The molecule has 3 heteroatoms. The van der Waals surface area contributed by atoms with E-state index in [0.29, 0.717) is 0 Å². The van der Waals surface area contributed by atoms with Crippen molar-refractivity contribution in [1.29, 1.82) is 0 Å². The van der Waals surface area contributed by atoms with Crippen LogP contribution in [-0.4, -0.2) is 23.1 Å². The number of aromatic nitrogens is 2. The zero-order valence-corrected chi connectivity index (χ0v) is 8.09. The van der Waals surface area contributed by atoms with E-state index < -0.39 is 0 Å². The molecule has 1 heterocycles. The minimum Gasteiger partial charge on any atom is -0.338 e. The second-order valence-corrected chi connectivity index (χ2v) is 2.97. The Labute approximate surface area is 73.8 Å². The Morgan fingerprint density at radius 1 is 1.58 bits per heavy atom. The number of likely N-dealkylation sites (N-methyl/N-ethyl adjacent to an activating group) is 1. The summed E-state index contributed by atoms with van der Waals surface area (Å²) in [5.74, 6) is 1.17. The van der Waals surface area contributed by atoms with Crippen molar-refractivity contribution < 1.29 is 0 Å². The van der Waals surface area contributed by atoms with E-state index >= 15 is 0 Å². The Kier molecular flexibility index (Phi) is 3.29. The molecule has 0 saturated heterocycles. The van der Waals surface area contributed by atoms with Crippen molar-refractivity contribution in [3.05, 3.63) is 17.7 Å². The van der Waals surface area contributed by atoms with Gasteiger partial charge in [-0.3, -0.25) is 0 Å². The monoisotopic (exact) mass is 167 g/mol. The van der Waals surface area contributed by atoms with Crippen molar-refractivity contribution >= 4 is 0 Å². The van der Waals surface area contributed by atoms with Gasteiger partial charge in [0.25, 0.3) is 0 Å². The maximum absolute atomic E-state index is 4.49. The van der Waals surface area contributed by atoms with Crippen molar-refractivity contribution in [1.82, 2.24) is 14.9 Å². The first-order valence-corrected chi connectivity index (χ1v) is 4.43. The second kappa shape index (κ2) is 4.26. The van der Waals surface area contributed by atoms with Crippen LogP contribution in [0.4, 0.5) is 0 Å². The van der Waals surface area contributed by atoms with Crippen LogP contribution < -0.4 is 5.32 Å². The second-order valence-electron chi connectivity index (χ2n) is 2.97. The zero-order chi connectivity index (χ0) is 8.97. The summed E-state index contributed by atoms with van der Waals surface area (Å²) < 4.78 is 2.11. The maximum Gasteiger partial charge on any atom is 0.109 e. The lowest BCUT2D eigenvalue weighted by Crippen LogP contribution is -2.12. The molecule has 0 aliphatic rings. The highest BCUT2D eigenvalue weighted by molar-refractivity contribution is 5.03. The number of hydrogen-bond donors (Lipinski definition) is 1. The number of hydrogen-bond acceptors (Lipinski definition) is 2. The predicted molar refractivity (Wildman–Crippen MR) is 50.2 cm³/mol. The standard InChI is InChI=1S/C9H17N3/c1-4-8-7-12(3)9(11-8)5-6-10-2/h7,10H,4-6H2,1-3H3. The van der Waals surface area contributed by atoms with Crippen molar-refractivity contribution in [3.8, 4) is 0 Å². The Bertz CT molecular complexity index is 240. The summed E-state index contributed by atoms with van der Waals surface area (Å²) in [6, 6.07) is 0. The van der Waals surface area contributed by atoms with Crippen LogP contribution in [0.2, 0.25) is 0 Å². The van der Waals surface area contributed by atoms with Gasteiger partial charge in [-0.05, 0) is 13.5 Å². The minimum atomic E-state index is 0.994. The third kappa shape index (κ3) is 2.08. The molecule has 0 unspecified atom stereocenters. The van der Waals surface area contributed by atoms with Crippen LogP contribution in [0.5, 0.6) is 0 Å². The molecule has 0 aliphatic carbocycles. The molecule has 0 atom stereocenters. The quantitative estimate of drug-likeness (QED) is 0.717. The van der Waals surface area contributed by atoms with E-state index in [2.05, 4.69) is 35.0 Å². The maximum atomic E-state index is 4.49. The molecule has 0 saturated carbocycles. The summed E-state index contributed by atoms with van der Waals surface area (Å²) in [7, 11) is 4.01. The van der Waals surface area contributed by atoms with E-state index in [1.807, 2.05) is 7.05 Å². The van der Waals surface area contributed by atoms with E-state index in [1.165, 1.54) is 11.5 Å². The molecule has 68 valence electrons. The molecule has 1 aromatic rings. The zero-order valence-electron chi connectivity index (χ0n) is 8.09. The summed E-state index contributed by atoms with van der Waals surface area (Å²) in [4.78, 5) is 4.49. The van der Waals surface area contributed by atoms with Gasteiger partial charge < -0.3 is 9.88 Å². The number of imidazole rings is 1. The molecule has 0 aliphatic heterocycles. The molecule has 1 N–H and O–H groups in total. The third-order valence-electron chi connectivity index (χ3n) is 1.98. The Balaban J connectivity index is 2.64. The van der Waals surface area contributed by atoms with Gasteiger partial charge in [-0.2, -0.15) is 0 Å². The fourth-order valence-corrected chi connectivity index (χ4v) is 1.21. The largest absolute Gasteiger partial charge is 0.338 e. The van der Waals surface area contributed by atoms with E-state index in [4.69, 9.17) is 0 Å². The molecule has 0 amide bonds. The lowest BCUT2D eigenvalue weighted by molar-refractivity contribution is 0.717. The molecule has 12 heavy (non-hydrogen) atoms. The van der Waals surface area contributed by atoms with E-state index in [1.54, 1.807) is 0 Å². The molecule has 0 radical (unpaired) electrons. The van der Waals surface area contributed by atoms with Gasteiger partial charge >= 0.3 is 0 Å². The van der Waals surface area contributed by atoms with Gasteiger partial charge in [0.05, 0.1) is 5.69 Å². The molecule has 0 aromatic carbocycles. The average Bonchev–Trinajstić information content (AvgIpc) is 2.43. The smallest absolute Gasteiger partial charge is 0.109 e. The SMILES string of the molecule is CCc1cn(C)c(CCNC)n1. The molecule has 1 rings (SSSR count). The first-order chi connectivity index (χ1) is 5.77. The van der Waals surface area contributed by atoms with Gasteiger partial charge in [0, 0.05) is 26.2 Å². The van der Waals surface area contributed by atoms with Crippen LogP contribution in [0.1, 0.15) is 18.4 Å². The topological polar surface area (TPSA) is 29.9 Å². The fourth-order valence-electron chi connectivity index (χ4n) is 1.21. The van der Waals surface area contributed by atoms with Gasteiger partial charge in [0.1, 0.15) is 5.82 Å². The number of rotatable bonds is 4. The lowest BCUT2D eigenvalue weighted by Gasteiger charge is -1.99. The van der Waals surface area contributed by atoms with Gasteiger partial charge in [-0.15, -0.1) is 0 Å². The summed E-state index contributed by atoms with van der Waals surface area (Å²) in [5.41, 5.74) is 1.18. The van der Waals surface area contributed by atoms with Gasteiger partial charge in [-0.25, -0.2) is 4.98 Å². The van der Waals surface area contributed by atoms with Crippen LogP contribution in [0.15, 0.2) is 6.20 Å². The normalized spacial score (nSPS) is 10.6. The summed E-state index contributed by atoms with van der Waals surface area (Å²) in [6.07, 6.45) is 4.13. The predicted octanol–water partition coefficient (Wildman–Crippen LogP) is 0.744. The van der Waals surface area contributed by atoms with Crippen molar-refractivity contribution in [3.63, 3.8) is 0 Å². The highest BCUT2D eigenvalue weighted by Crippen LogP contribution is 2.02. The van der Waals surface area contributed by atoms with Crippen molar-refractivity contribution in [2.45, 2.75) is 19.8 Å². The number of aryl methyl sites for hydroxylation is 2. The Morgan fingerprint density at radius 3 is 2.83 bits per heavy atom. The van der Waals surface area contributed by atoms with Gasteiger partial charge in [0.15, 0.2) is 0 Å². The third-order valence-corrected chi connectivity index (χ3v) is 1.98. The van der Waals surface area contributed by atoms with Crippen LogP contribution in [0.3, 0.4) is 0 Å². The van der Waals surface area contributed by atoms with Crippen LogP contribution in [-0.2, 0) is 19.9 Å². The first-order valence-electron chi connectivity index (χ1n) is 4.43. The van der Waals surface area contributed by atoms with E-state index in [-0.39, 0.29) is 0 Å². The highest BCUT2D eigenvalue weighted by Gasteiger charge is 2.01. The first kappa shape index (κ1) is 9.26. The van der Waals surface area contributed by atoms with Crippen molar-refractivity contribution in [2.75, 3.05) is 13.6 Å². The Hall–Kier alpha value is -0.830. The van der Waals surface area contributed by atoms with Crippen molar-refractivity contribution in [2.24, 2.45) is 7.05 Å². The fraction of sp³-hybridized carbons (Fsp3) is 0.667. The molecule has 0 bridgehead atoms. The van der Waals surface area contributed by atoms with Crippen LogP contribution in [0, 0.1) is 0 Å². The number of nitrogens with one attached hydrogen (secondary N) is 1. The molecule has 0 spiro atoms. The summed E-state index contributed by atoms with van der Waals surface area (Å²) in [5, 5.41) is 3.12. The summed E-state index contributed by atoms with van der Waals surface area (Å²) in [6.45, 7) is 3.12.